The van der Waals surface area contributed by atoms with Crippen LogP contribution in [0.2, 0.25) is 0 Å². The van der Waals surface area contributed by atoms with Crippen molar-refractivity contribution >= 4 is 47.4 Å². The molecule has 2 aromatic carbocycles. The van der Waals surface area contributed by atoms with Crippen molar-refractivity contribution in [3.8, 4) is 0 Å². The third kappa shape index (κ3) is 20.6. The number of aliphatic imine (C=N–C) groups is 2. The molecule has 0 spiro atoms. The van der Waals surface area contributed by atoms with Gasteiger partial charge in [-0.3, -0.25) is 34.1 Å². The van der Waals surface area contributed by atoms with E-state index in [0.717, 1.165) is 41.9 Å². The molecule has 12 heteroatoms. The molecule has 1 unspecified atom stereocenters. The Kier molecular flexibility index (Phi) is 26.2. The number of carboxylic acid groups (broad SMARTS) is 1. The van der Waals surface area contributed by atoms with Gasteiger partial charge in [-0.25, -0.2) is 4.98 Å². The first-order chi connectivity index (χ1) is 26.3. The van der Waals surface area contributed by atoms with E-state index in [9.17, 15) is 14.4 Å². The lowest BCUT2D eigenvalue weighted by Gasteiger charge is -2.22. The highest BCUT2D eigenvalue weighted by Gasteiger charge is 2.22. The minimum Gasteiger partial charge on any atom is -0.483 e. The Morgan fingerprint density at radius 1 is 0.927 bits per heavy atom. The first-order valence-corrected chi connectivity index (χ1v) is 19.0. The van der Waals surface area contributed by atoms with E-state index in [1.54, 1.807) is 50.4 Å². The van der Waals surface area contributed by atoms with Crippen molar-refractivity contribution in [3.05, 3.63) is 89.1 Å². The molecule has 3 aromatic rings. The monoisotopic (exact) mass is 761 g/mol. The van der Waals surface area contributed by atoms with Gasteiger partial charge < -0.3 is 20.3 Å². The molecule has 0 radical (unpaired) electrons. The number of anilines is 1. The number of pyridine rings is 1. The molecule has 1 atom stereocenters. The highest BCUT2D eigenvalue weighted by molar-refractivity contribution is 6.06. The van der Waals surface area contributed by atoms with Gasteiger partial charge in [-0.15, -0.1) is 0 Å². The number of carbonyl (C=O) groups is 4. The Hall–Kier alpha value is -5.39. The summed E-state index contributed by atoms with van der Waals surface area (Å²) in [7, 11) is 0. The summed E-state index contributed by atoms with van der Waals surface area (Å²) in [6.45, 7) is 19.7. The molecular formula is C43H63N5O7. The number of unbranched alkanes of at least 4 members (excludes halogenated alkanes) is 3. The molecule has 3 N–H and O–H groups in total. The molecule has 3 rings (SSSR count). The van der Waals surface area contributed by atoms with E-state index in [1.165, 1.54) is 36.6 Å². The maximum atomic E-state index is 13.4. The van der Waals surface area contributed by atoms with Gasteiger partial charge in [-0.1, -0.05) is 103 Å². The summed E-state index contributed by atoms with van der Waals surface area (Å²) in [5.41, 5.74) is 11.3. The van der Waals surface area contributed by atoms with Crippen LogP contribution in [0.4, 0.5) is 11.5 Å². The maximum absolute atomic E-state index is 13.4. The van der Waals surface area contributed by atoms with Crippen LogP contribution >= 0.6 is 0 Å². The zero-order valence-corrected chi connectivity index (χ0v) is 34.5. The molecule has 0 saturated carbocycles. The van der Waals surface area contributed by atoms with Crippen molar-refractivity contribution in [2.75, 3.05) is 18.0 Å². The maximum Gasteiger partial charge on any atom is 0.311 e. The summed E-state index contributed by atoms with van der Waals surface area (Å²) < 4.78 is 10.2. The number of amides is 1. The third-order valence-electron chi connectivity index (χ3n) is 7.68. The summed E-state index contributed by atoms with van der Waals surface area (Å²) in [6, 6.07) is 18.7. The van der Waals surface area contributed by atoms with E-state index in [0.29, 0.717) is 17.2 Å². The molecule has 1 heterocycles. The fourth-order valence-electron chi connectivity index (χ4n) is 4.46. The predicted octanol–water partition coefficient (Wildman–Crippen LogP) is 9.03. The molecule has 12 nitrogen and oxygen atoms in total. The fourth-order valence-corrected chi connectivity index (χ4v) is 4.46. The van der Waals surface area contributed by atoms with E-state index in [-0.39, 0.29) is 31.3 Å². The van der Waals surface area contributed by atoms with Gasteiger partial charge >= 0.3 is 11.9 Å². The predicted molar refractivity (Wildman–Crippen MR) is 222 cm³/mol. The molecule has 0 bridgehead atoms. The number of nitrogens with two attached hydrogens (primary N) is 1. The summed E-state index contributed by atoms with van der Waals surface area (Å²) in [5, 5.41) is 6.89. The summed E-state index contributed by atoms with van der Waals surface area (Å²) in [4.78, 5) is 60.6. The van der Waals surface area contributed by atoms with Crippen LogP contribution in [-0.2, 0) is 23.9 Å². The number of benzene rings is 2. The van der Waals surface area contributed by atoms with Crippen LogP contribution in [0.5, 0.6) is 0 Å². The molecule has 1 amide bonds. The van der Waals surface area contributed by atoms with Gasteiger partial charge in [0, 0.05) is 43.0 Å². The Morgan fingerprint density at radius 2 is 1.56 bits per heavy atom. The van der Waals surface area contributed by atoms with Crippen LogP contribution in [0.25, 0.3) is 0 Å². The molecular weight excluding hydrogens is 699 g/mol. The highest BCUT2D eigenvalue weighted by Crippen LogP contribution is 2.23. The lowest BCUT2D eigenvalue weighted by molar-refractivity contribution is -0.186. The van der Waals surface area contributed by atoms with Gasteiger partial charge in [0.15, 0.2) is 0 Å². The van der Waals surface area contributed by atoms with Gasteiger partial charge in [-0.05, 0) is 63.4 Å². The van der Waals surface area contributed by atoms with Gasteiger partial charge in [0.1, 0.15) is 11.7 Å². The van der Waals surface area contributed by atoms with Crippen molar-refractivity contribution in [3.63, 3.8) is 0 Å². The minimum absolute atomic E-state index is 0.0417. The van der Waals surface area contributed by atoms with Crippen LogP contribution in [0.3, 0.4) is 0 Å². The van der Waals surface area contributed by atoms with E-state index in [2.05, 4.69) is 40.9 Å². The largest absolute Gasteiger partial charge is 0.483 e. The number of carbonyl (C=O) groups excluding carboxylic acids is 3. The molecule has 0 saturated heterocycles. The van der Waals surface area contributed by atoms with E-state index in [1.807, 2.05) is 52.8 Å². The van der Waals surface area contributed by atoms with E-state index < -0.39 is 18.2 Å². The van der Waals surface area contributed by atoms with Crippen LogP contribution < -0.4 is 10.6 Å². The Labute approximate surface area is 328 Å². The first kappa shape index (κ1) is 49.6. The topological polar surface area (TPSA) is 174 Å². The molecule has 0 aliphatic rings. The van der Waals surface area contributed by atoms with Crippen molar-refractivity contribution < 1.29 is 33.8 Å². The molecule has 0 aliphatic carbocycles. The zero-order valence-electron chi connectivity index (χ0n) is 34.5. The molecule has 0 aliphatic heterocycles. The average molecular weight is 762 g/mol. The van der Waals surface area contributed by atoms with Crippen molar-refractivity contribution in [2.24, 2.45) is 21.6 Å². The Bertz CT molecular complexity index is 1620. The second-order valence-corrected chi connectivity index (χ2v) is 12.5. The van der Waals surface area contributed by atoms with Gasteiger partial charge in [0.05, 0.1) is 18.0 Å². The van der Waals surface area contributed by atoms with Crippen LogP contribution in [-0.4, -0.2) is 65.3 Å². The van der Waals surface area contributed by atoms with Crippen LogP contribution in [0.15, 0.2) is 76.8 Å². The lowest BCUT2D eigenvalue weighted by atomic mass is 10.1. The number of aryl methyl sites for hydroxylation is 2. The number of nitrogens with zero attached hydrogens (tertiary/aromatic N) is 4. The van der Waals surface area contributed by atoms with Crippen molar-refractivity contribution in [1.29, 1.82) is 0 Å². The molecule has 0 fully saturated rings. The van der Waals surface area contributed by atoms with Crippen LogP contribution in [0, 0.1) is 19.8 Å². The number of esters is 2. The Morgan fingerprint density at radius 3 is 2.13 bits per heavy atom. The first-order valence-electron chi connectivity index (χ1n) is 19.0. The fraction of sp³-hybridized carbons (Fsp3) is 0.465. The minimum atomic E-state index is -1.01. The zero-order chi connectivity index (χ0) is 41.8. The third-order valence-corrected chi connectivity index (χ3v) is 7.68. The smallest absolute Gasteiger partial charge is 0.311 e. The summed E-state index contributed by atoms with van der Waals surface area (Å²) in [6.07, 6.45) is 6.22. The second-order valence-electron chi connectivity index (χ2n) is 12.5. The lowest BCUT2D eigenvalue weighted by Crippen LogP contribution is -2.34. The normalized spacial score (nSPS) is 11.3. The quantitative estimate of drug-likeness (QED) is 0.0360. The van der Waals surface area contributed by atoms with Crippen molar-refractivity contribution in [1.82, 2.24) is 4.98 Å². The van der Waals surface area contributed by atoms with Gasteiger partial charge in [0.25, 0.3) is 12.4 Å². The highest BCUT2D eigenvalue weighted by atomic mass is 16.7. The SMILES string of the molecule is CC.CCC(C)=Nc1cc(C(=O)N(CCC(=O)OC(C)OC(=O)C(C)C)c2ccccn2)ccc1C.CCCCCCN=C(N)c1ccc(C)cc1.O=CO. The molecule has 1 aromatic heterocycles. The van der Waals surface area contributed by atoms with Gasteiger partial charge in [-0.2, -0.15) is 0 Å². The Balaban J connectivity index is 0.00000115. The van der Waals surface area contributed by atoms with Gasteiger partial charge in [0.2, 0.25) is 6.29 Å². The number of aromatic nitrogens is 1. The van der Waals surface area contributed by atoms with Crippen molar-refractivity contribution in [2.45, 2.75) is 114 Å². The number of rotatable bonds is 16. The van der Waals surface area contributed by atoms with E-state index >= 15 is 0 Å². The number of ether oxygens (including phenoxy) is 2. The summed E-state index contributed by atoms with van der Waals surface area (Å²) >= 11 is 0. The number of hydrogen-bond acceptors (Lipinski definition) is 9. The standard InChI is InChI=1S/C26H33N3O5.C14H22N2.C2H6.CH2O2/c1-7-19(5)28-22-16-21(12-11-18(22)4)25(31)29(23-10-8-9-14-27-23)15-13-24(30)33-20(6)34-26(32)17(2)3;1-3-4-5-6-11-16-14(15)13-9-7-12(2)8-10-13;1-2;2-1-3/h8-12,14,16-17,20H,7,13,15H2,1-6H3;7-10H,3-6,11H2,1-2H3,(H2,15,16);1-2H3;1H,(H,2,3). The molecule has 55 heavy (non-hydrogen) atoms. The van der Waals surface area contributed by atoms with Crippen LogP contribution in [0.1, 0.15) is 121 Å². The second kappa shape index (κ2) is 29.0. The number of hydrogen-bond donors (Lipinski definition) is 2. The molecule has 302 valence electrons. The summed E-state index contributed by atoms with van der Waals surface area (Å²) in [5.74, 6) is -0.613. The number of amidine groups is 1. The van der Waals surface area contributed by atoms with E-state index in [4.69, 9.17) is 25.1 Å². The average Bonchev–Trinajstić information content (AvgIpc) is 3.17.